The van der Waals surface area contributed by atoms with E-state index >= 15 is 0 Å². The predicted octanol–water partition coefficient (Wildman–Crippen LogP) is 2.45. The SMILES string of the molecule is O=C(O)c1csc(N2N=C(/C=C/c3ccccc3[O-])C[C@]2(O)C(F)(F)F)n1. The number of alkyl halides is 3. The summed E-state index contributed by atoms with van der Waals surface area (Å²) in [7, 11) is 0. The fraction of sp³-hybridized carbons (Fsp3) is 0.188. The third-order valence-corrected chi connectivity index (χ3v) is 4.54. The van der Waals surface area contributed by atoms with Crippen molar-refractivity contribution in [1.29, 1.82) is 0 Å². The number of hydrogen-bond donors (Lipinski definition) is 2. The first-order valence-corrected chi connectivity index (χ1v) is 8.29. The Hall–Kier alpha value is -2.92. The summed E-state index contributed by atoms with van der Waals surface area (Å²) in [5.74, 6) is -1.73. The Morgan fingerprint density at radius 3 is 2.63 bits per heavy atom. The summed E-state index contributed by atoms with van der Waals surface area (Å²) in [5, 5.41) is 35.4. The molecule has 2 N–H and O–H groups in total. The van der Waals surface area contributed by atoms with E-state index in [1.165, 1.54) is 30.4 Å². The number of thiazole rings is 1. The first-order chi connectivity index (χ1) is 12.6. The molecule has 1 aromatic carbocycles. The highest BCUT2D eigenvalue weighted by molar-refractivity contribution is 7.14. The molecule has 1 aliphatic heterocycles. The maximum Gasteiger partial charge on any atom is 0.438 e. The van der Waals surface area contributed by atoms with Crippen LogP contribution in [0.5, 0.6) is 5.75 Å². The second-order valence-electron chi connectivity index (χ2n) is 5.59. The zero-order chi connectivity index (χ0) is 19.8. The zero-order valence-electron chi connectivity index (χ0n) is 13.3. The van der Waals surface area contributed by atoms with Gasteiger partial charge in [-0.25, -0.2) is 9.78 Å². The van der Waals surface area contributed by atoms with E-state index in [9.17, 15) is 28.2 Å². The minimum Gasteiger partial charge on any atom is -0.872 e. The van der Waals surface area contributed by atoms with Crippen molar-refractivity contribution in [3.8, 4) is 5.75 Å². The number of nitrogens with zero attached hydrogens (tertiary/aromatic N) is 3. The number of carboxylic acids is 1. The van der Waals surface area contributed by atoms with Crippen LogP contribution in [0.15, 0.2) is 40.8 Å². The van der Waals surface area contributed by atoms with Gasteiger partial charge in [0.2, 0.25) is 5.13 Å². The van der Waals surface area contributed by atoms with Crippen LogP contribution in [0.1, 0.15) is 22.5 Å². The number of hydrogen-bond acceptors (Lipinski definition) is 7. The summed E-state index contributed by atoms with van der Waals surface area (Å²) in [5.41, 5.74) is -3.74. The summed E-state index contributed by atoms with van der Waals surface area (Å²) >= 11 is 0.605. The van der Waals surface area contributed by atoms with E-state index < -0.39 is 35.1 Å². The minimum absolute atomic E-state index is 0.148. The van der Waals surface area contributed by atoms with Gasteiger partial charge in [-0.1, -0.05) is 30.3 Å². The number of aromatic carboxylic acids is 1. The van der Waals surface area contributed by atoms with E-state index in [0.29, 0.717) is 11.3 Å². The lowest BCUT2D eigenvalue weighted by atomic mass is 10.1. The predicted molar refractivity (Wildman–Crippen MR) is 89.5 cm³/mol. The number of aromatic nitrogens is 1. The molecule has 142 valence electrons. The number of rotatable bonds is 4. The number of allylic oxidation sites excluding steroid dienone is 1. The molecule has 0 amide bonds. The quantitative estimate of drug-likeness (QED) is 0.819. The Balaban J connectivity index is 1.97. The summed E-state index contributed by atoms with van der Waals surface area (Å²) in [6, 6.07) is 5.91. The van der Waals surface area contributed by atoms with Gasteiger partial charge in [0, 0.05) is 5.38 Å². The molecule has 3 rings (SSSR count). The summed E-state index contributed by atoms with van der Waals surface area (Å²) in [6.45, 7) is 0. The number of hydrazone groups is 1. The molecule has 1 aromatic heterocycles. The van der Waals surface area contributed by atoms with Crippen LogP contribution in [0.4, 0.5) is 18.3 Å². The second-order valence-corrected chi connectivity index (χ2v) is 6.42. The monoisotopic (exact) mass is 398 g/mol. The van der Waals surface area contributed by atoms with Crippen molar-refractivity contribution in [3.63, 3.8) is 0 Å². The molecule has 0 saturated heterocycles. The minimum atomic E-state index is -5.09. The lowest BCUT2D eigenvalue weighted by molar-refractivity contribution is -0.268. The second kappa shape index (κ2) is 6.67. The third kappa shape index (κ3) is 3.51. The summed E-state index contributed by atoms with van der Waals surface area (Å²) in [6.07, 6.45) is -3.50. The molecule has 27 heavy (non-hydrogen) atoms. The third-order valence-electron chi connectivity index (χ3n) is 3.73. The molecule has 2 aromatic rings. The molecular weight excluding hydrogens is 387 g/mol. The van der Waals surface area contributed by atoms with Crippen molar-refractivity contribution in [1.82, 2.24) is 4.98 Å². The average Bonchev–Trinajstić information content (AvgIpc) is 3.19. The zero-order valence-corrected chi connectivity index (χ0v) is 14.2. The molecule has 1 atom stereocenters. The van der Waals surface area contributed by atoms with Gasteiger partial charge >= 0.3 is 12.1 Å². The van der Waals surface area contributed by atoms with Crippen molar-refractivity contribution in [2.75, 3.05) is 5.01 Å². The van der Waals surface area contributed by atoms with E-state index in [0.717, 1.165) is 5.38 Å². The number of benzene rings is 1. The molecule has 0 fully saturated rings. The fourth-order valence-electron chi connectivity index (χ4n) is 2.35. The molecule has 2 heterocycles. The van der Waals surface area contributed by atoms with Gasteiger partial charge in [-0.2, -0.15) is 23.3 Å². The first-order valence-electron chi connectivity index (χ1n) is 7.41. The number of anilines is 1. The number of para-hydroxylation sites is 1. The topological polar surface area (TPSA) is 109 Å². The molecule has 1 aliphatic rings. The van der Waals surface area contributed by atoms with Crippen molar-refractivity contribution in [2.24, 2.45) is 5.10 Å². The highest BCUT2D eigenvalue weighted by Crippen LogP contribution is 2.43. The Morgan fingerprint density at radius 2 is 2.04 bits per heavy atom. The average molecular weight is 398 g/mol. The molecule has 0 saturated carbocycles. The Bertz CT molecular complexity index is 941. The van der Waals surface area contributed by atoms with Crippen LogP contribution in [-0.2, 0) is 0 Å². The van der Waals surface area contributed by atoms with Gasteiger partial charge in [0.1, 0.15) is 0 Å². The lowest BCUT2D eigenvalue weighted by Crippen LogP contribution is -2.55. The molecule has 0 bridgehead atoms. The van der Waals surface area contributed by atoms with Crippen LogP contribution >= 0.6 is 11.3 Å². The van der Waals surface area contributed by atoms with Crippen LogP contribution in [0.3, 0.4) is 0 Å². The van der Waals surface area contributed by atoms with E-state index in [2.05, 4.69) is 10.1 Å². The van der Waals surface area contributed by atoms with Crippen molar-refractivity contribution < 1.29 is 33.3 Å². The Kier molecular flexibility index (Phi) is 4.66. The van der Waals surface area contributed by atoms with Crippen LogP contribution < -0.4 is 10.1 Å². The number of carboxylic acid groups (broad SMARTS) is 1. The fourth-order valence-corrected chi connectivity index (χ4v) is 3.16. The molecule has 0 radical (unpaired) electrons. The van der Waals surface area contributed by atoms with Crippen molar-refractivity contribution in [3.05, 3.63) is 47.0 Å². The molecule has 11 heteroatoms. The number of aliphatic hydroxyl groups is 1. The molecule has 7 nitrogen and oxygen atoms in total. The van der Waals surface area contributed by atoms with Gasteiger partial charge in [0.15, 0.2) is 5.69 Å². The van der Waals surface area contributed by atoms with Gasteiger partial charge in [0.25, 0.3) is 5.72 Å². The smallest absolute Gasteiger partial charge is 0.438 e. The molecular formula is C16H11F3N3O4S-. The first kappa shape index (κ1) is 18.9. The maximum atomic E-state index is 13.5. The van der Waals surface area contributed by atoms with Gasteiger partial charge in [-0.05, 0) is 11.6 Å². The summed E-state index contributed by atoms with van der Waals surface area (Å²) in [4.78, 5) is 14.5. The standard InChI is InChI=1S/C16H12F3N3O4S/c17-16(18,19)15(26)7-10(6-5-9-3-1-2-4-12(9)23)21-22(15)14-20-11(8-27-14)13(24)25/h1-6,8,23,26H,7H2,(H,24,25)/p-1/b6-5+/t15-/m0/s1. The normalized spacial score (nSPS) is 20.3. The molecule has 0 spiro atoms. The molecule has 0 aliphatic carbocycles. The number of carbonyl (C=O) groups is 1. The van der Waals surface area contributed by atoms with Gasteiger partial charge < -0.3 is 15.3 Å². The van der Waals surface area contributed by atoms with Crippen LogP contribution in [-0.4, -0.2) is 38.8 Å². The van der Waals surface area contributed by atoms with E-state index in [4.69, 9.17) is 5.11 Å². The summed E-state index contributed by atoms with van der Waals surface area (Å²) < 4.78 is 40.4. The largest absolute Gasteiger partial charge is 0.872 e. The van der Waals surface area contributed by atoms with Gasteiger partial charge in [-0.3, -0.25) is 0 Å². The maximum absolute atomic E-state index is 13.5. The van der Waals surface area contributed by atoms with Crippen LogP contribution in [0, 0.1) is 0 Å². The number of halogens is 3. The lowest BCUT2D eigenvalue weighted by Gasteiger charge is -2.32. The van der Waals surface area contributed by atoms with E-state index in [1.807, 2.05) is 0 Å². The van der Waals surface area contributed by atoms with Crippen LogP contribution in [0.25, 0.3) is 6.08 Å². The van der Waals surface area contributed by atoms with Gasteiger partial charge in [0.05, 0.1) is 12.1 Å². The Labute approximate surface area is 154 Å². The van der Waals surface area contributed by atoms with E-state index in [-0.39, 0.29) is 22.0 Å². The van der Waals surface area contributed by atoms with Crippen molar-refractivity contribution >= 4 is 34.2 Å². The van der Waals surface area contributed by atoms with Gasteiger partial charge in [-0.15, -0.1) is 17.1 Å². The van der Waals surface area contributed by atoms with Crippen molar-refractivity contribution in [2.45, 2.75) is 18.3 Å². The highest BCUT2D eigenvalue weighted by Gasteiger charge is 2.62. The Morgan fingerprint density at radius 1 is 1.33 bits per heavy atom. The van der Waals surface area contributed by atoms with E-state index in [1.54, 1.807) is 6.07 Å². The highest BCUT2D eigenvalue weighted by atomic mass is 32.1. The van der Waals surface area contributed by atoms with Crippen LogP contribution in [0.2, 0.25) is 0 Å². The molecule has 0 unspecified atom stereocenters.